The van der Waals surface area contributed by atoms with E-state index in [1.54, 1.807) is 0 Å². The Balaban J connectivity index is 2.44. The molecule has 1 aromatic rings. The first-order chi connectivity index (χ1) is 9.17. The van der Waals surface area contributed by atoms with E-state index in [0.717, 1.165) is 10.2 Å². The van der Waals surface area contributed by atoms with Gasteiger partial charge in [-0.05, 0) is 0 Å². The van der Waals surface area contributed by atoms with Crippen LogP contribution in [0.1, 0.15) is 27.2 Å². The molecule has 0 unspecified atom stereocenters. The quantitative estimate of drug-likeness (QED) is 0.405. The third kappa shape index (κ3) is 8.01. The number of rotatable bonds is 7. The normalized spacial score (nSPS) is 12.5. The predicted molar refractivity (Wildman–Crippen MR) is 82.0 cm³/mol. The summed E-state index contributed by atoms with van der Waals surface area (Å²) in [5, 5.41) is 0. The molecule has 20 heavy (non-hydrogen) atoms. The van der Waals surface area contributed by atoms with Crippen LogP contribution >= 0.6 is 0 Å². The van der Waals surface area contributed by atoms with Crippen LogP contribution in [0.4, 0.5) is 0 Å². The summed E-state index contributed by atoms with van der Waals surface area (Å²) in [4.78, 5) is 26.7. The van der Waals surface area contributed by atoms with Crippen LogP contribution in [0.5, 0.6) is 5.75 Å². The van der Waals surface area contributed by atoms with E-state index in [1.807, 2.05) is 45.0 Å². The number of hydrogen-bond donors (Lipinski definition) is 4. The number of ether oxygens (including phenoxy) is 1. The third-order valence-corrected chi connectivity index (χ3v) is 5.16. The van der Waals surface area contributed by atoms with E-state index < -0.39 is 8.80 Å². The van der Waals surface area contributed by atoms with Crippen molar-refractivity contribution in [3.63, 3.8) is 0 Å². The summed E-state index contributed by atoms with van der Waals surface area (Å²) in [5.74, 6) is 0.877. The zero-order valence-electron chi connectivity index (χ0n) is 12.1. The Morgan fingerprint density at radius 1 is 1.20 bits per heavy atom. The van der Waals surface area contributed by atoms with Crippen molar-refractivity contribution in [2.24, 2.45) is 0 Å². The van der Waals surface area contributed by atoms with E-state index in [0.29, 0.717) is 13.0 Å². The van der Waals surface area contributed by atoms with Crippen LogP contribution in [0.3, 0.4) is 0 Å². The fourth-order valence-corrected chi connectivity index (χ4v) is 3.72. The predicted octanol–water partition coefficient (Wildman–Crippen LogP) is 0.00390. The standard InChI is InChI=1S/C13H23NO4SeSi/c1-13(2,3)18-11-7-4-5-8-12(11)19-14-9-6-10-20(15,16)17/h4-5,7-8,14-17H,6,9-10H2,1-3H3. The molecule has 0 aromatic heterocycles. The molecule has 0 saturated heterocycles. The van der Waals surface area contributed by atoms with Crippen LogP contribution in [-0.2, 0) is 0 Å². The molecule has 0 spiro atoms. The second-order valence-electron chi connectivity index (χ2n) is 5.54. The van der Waals surface area contributed by atoms with Crippen molar-refractivity contribution >= 4 is 28.4 Å². The van der Waals surface area contributed by atoms with Crippen LogP contribution in [0.15, 0.2) is 24.3 Å². The van der Waals surface area contributed by atoms with Gasteiger partial charge in [-0.3, -0.25) is 0 Å². The average molecular weight is 364 g/mol. The van der Waals surface area contributed by atoms with Crippen LogP contribution in [-0.4, -0.2) is 50.5 Å². The van der Waals surface area contributed by atoms with Gasteiger partial charge in [-0.2, -0.15) is 0 Å². The van der Waals surface area contributed by atoms with Crippen molar-refractivity contribution < 1.29 is 19.1 Å². The molecule has 0 amide bonds. The van der Waals surface area contributed by atoms with Gasteiger partial charge in [0, 0.05) is 0 Å². The number of nitrogens with one attached hydrogen (secondary N) is 1. The third-order valence-electron chi connectivity index (χ3n) is 2.24. The summed E-state index contributed by atoms with van der Waals surface area (Å²) in [6.07, 6.45) is 0.541. The van der Waals surface area contributed by atoms with Gasteiger partial charge in [0.25, 0.3) is 0 Å². The Morgan fingerprint density at radius 3 is 2.45 bits per heavy atom. The molecule has 0 aliphatic carbocycles. The Kier molecular flexibility index (Phi) is 6.67. The molecular weight excluding hydrogens is 341 g/mol. The Bertz CT molecular complexity index is 418. The first-order valence-corrected chi connectivity index (χ1v) is 10.3. The van der Waals surface area contributed by atoms with Gasteiger partial charge in [0.2, 0.25) is 0 Å². The minimum absolute atomic E-state index is 0.0480. The maximum atomic E-state index is 8.91. The van der Waals surface area contributed by atoms with Crippen LogP contribution in [0.25, 0.3) is 0 Å². The molecule has 4 N–H and O–H groups in total. The molecule has 0 aliphatic heterocycles. The van der Waals surface area contributed by atoms with E-state index in [2.05, 4.69) is 4.33 Å². The van der Waals surface area contributed by atoms with Crippen LogP contribution in [0.2, 0.25) is 6.04 Å². The molecule has 0 atom stereocenters. The summed E-state index contributed by atoms with van der Waals surface area (Å²) in [6, 6.07) is 7.97. The summed E-state index contributed by atoms with van der Waals surface area (Å²) in [5.41, 5.74) is -0.234. The molecule has 0 radical (unpaired) electrons. The molecule has 0 fully saturated rings. The molecule has 0 heterocycles. The van der Waals surface area contributed by atoms with E-state index in [-0.39, 0.29) is 26.8 Å². The second kappa shape index (κ2) is 7.56. The van der Waals surface area contributed by atoms with Crippen molar-refractivity contribution in [2.75, 3.05) is 6.54 Å². The van der Waals surface area contributed by atoms with Gasteiger partial charge in [0.15, 0.2) is 0 Å². The summed E-state index contributed by atoms with van der Waals surface area (Å²) in [7, 11) is -3.89. The van der Waals surface area contributed by atoms with Gasteiger partial charge in [0.05, 0.1) is 0 Å². The molecule has 5 nitrogen and oxygen atoms in total. The number of benzene rings is 1. The van der Waals surface area contributed by atoms with E-state index in [9.17, 15) is 0 Å². The Hall–Kier alpha value is -0.404. The molecule has 1 rings (SSSR count). The van der Waals surface area contributed by atoms with E-state index >= 15 is 0 Å². The zero-order chi connectivity index (χ0) is 15.2. The SMILES string of the molecule is CC(C)(C)Oc1ccccc1[Se]NCCC[Si](O)(O)O. The van der Waals surface area contributed by atoms with E-state index in [1.165, 1.54) is 0 Å². The monoisotopic (exact) mass is 365 g/mol. The molecule has 0 bridgehead atoms. The van der Waals surface area contributed by atoms with Gasteiger partial charge in [-0.25, -0.2) is 0 Å². The van der Waals surface area contributed by atoms with Gasteiger partial charge in [-0.1, -0.05) is 0 Å². The van der Waals surface area contributed by atoms with Crippen LogP contribution in [0, 0.1) is 0 Å². The Labute approximate surface area is 127 Å². The average Bonchev–Trinajstić information content (AvgIpc) is 2.27. The number of hydrogen-bond acceptors (Lipinski definition) is 5. The number of para-hydroxylation sites is 1. The molecule has 1 aromatic carbocycles. The minimum atomic E-state index is -3.89. The Morgan fingerprint density at radius 2 is 1.85 bits per heavy atom. The summed E-state index contributed by atoms with van der Waals surface area (Å²) >= 11 is 0.0480. The van der Waals surface area contributed by atoms with Crippen molar-refractivity contribution in [3.8, 4) is 5.75 Å². The van der Waals surface area contributed by atoms with E-state index in [4.69, 9.17) is 19.1 Å². The molecular formula is C13H23NO4SeSi. The van der Waals surface area contributed by atoms with Gasteiger partial charge in [-0.15, -0.1) is 0 Å². The molecule has 0 saturated carbocycles. The first-order valence-electron chi connectivity index (χ1n) is 6.52. The van der Waals surface area contributed by atoms with Crippen molar-refractivity contribution in [3.05, 3.63) is 24.3 Å². The molecule has 114 valence electrons. The van der Waals surface area contributed by atoms with Crippen molar-refractivity contribution in [1.29, 1.82) is 0 Å². The summed E-state index contributed by atoms with van der Waals surface area (Å²) < 4.78 is 10.3. The van der Waals surface area contributed by atoms with Gasteiger partial charge in [0.1, 0.15) is 0 Å². The summed E-state index contributed by atoms with van der Waals surface area (Å²) in [6.45, 7) is 6.68. The van der Waals surface area contributed by atoms with Gasteiger partial charge >= 0.3 is 127 Å². The van der Waals surface area contributed by atoms with Crippen molar-refractivity contribution in [2.45, 2.75) is 38.8 Å². The second-order valence-corrected chi connectivity index (χ2v) is 9.54. The topological polar surface area (TPSA) is 82.0 Å². The maximum absolute atomic E-state index is 8.91. The fourth-order valence-electron chi connectivity index (χ4n) is 1.48. The van der Waals surface area contributed by atoms with Crippen molar-refractivity contribution in [1.82, 2.24) is 4.33 Å². The fraction of sp³-hybridized carbons (Fsp3) is 0.538. The van der Waals surface area contributed by atoms with Gasteiger partial charge < -0.3 is 0 Å². The zero-order valence-corrected chi connectivity index (χ0v) is 14.8. The molecule has 7 heteroatoms. The first kappa shape index (κ1) is 17.6. The molecule has 0 aliphatic rings. The van der Waals surface area contributed by atoms with Crippen LogP contribution < -0.4 is 13.5 Å².